The van der Waals surface area contributed by atoms with Crippen LogP contribution < -0.4 is 5.32 Å². The van der Waals surface area contributed by atoms with Gasteiger partial charge in [0.2, 0.25) is 0 Å². The second kappa shape index (κ2) is 6.04. The molecule has 0 saturated carbocycles. The molecule has 2 rings (SSSR count). The van der Waals surface area contributed by atoms with E-state index in [1.807, 2.05) is 30.3 Å². The molecular weight excluding hydrogens is 244 g/mol. The van der Waals surface area contributed by atoms with Crippen LogP contribution in [0.2, 0.25) is 0 Å². The number of ether oxygens (including phenoxy) is 1. The fraction of sp³-hybridized carbons (Fsp3) is 0.286. The molecule has 1 aromatic heterocycles. The highest BCUT2D eigenvalue weighted by Crippen LogP contribution is 2.18. The summed E-state index contributed by atoms with van der Waals surface area (Å²) < 4.78 is 10.1. The number of carbonyl (C=O) groups is 1. The predicted molar refractivity (Wildman–Crippen MR) is 70.4 cm³/mol. The maximum Gasteiger partial charge on any atom is 0.407 e. The number of nitrogens with one attached hydrogen (secondary N) is 1. The molecular formula is C14H16N2O3. The number of aromatic nitrogens is 1. The summed E-state index contributed by atoms with van der Waals surface area (Å²) in [6, 6.07) is 11.5. The van der Waals surface area contributed by atoms with Gasteiger partial charge >= 0.3 is 6.09 Å². The summed E-state index contributed by atoms with van der Waals surface area (Å²) in [5.41, 5.74) is 1.72. The minimum absolute atomic E-state index is 0.144. The lowest BCUT2D eigenvalue weighted by Crippen LogP contribution is -2.26. The quantitative estimate of drug-likeness (QED) is 0.917. The summed E-state index contributed by atoms with van der Waals surface area (Å²) in [6.45, 7) is 3.84. The zero-order valence-corrected chi connectivity index (χ0v) is 10.9. The first-order valence-electron chi connectivity index (χ1n) is 6.10. The standard InChI is InChI=1S/C14H16N2O3/c1-10(2)18-14(17)15-9-12-8-13(16-19-12)11-6-4-3-5-7-11/h3-8,10H,9H2,1-2H3,(H,15,17). The van der Waals surface area contributed by atoms with Crippen LogP contribution >= 0.6 is 0 Å². The topological polar surface area (TPSA) is 64.4 Å². The van der Waals surface area contributed by atoms with Gasteiger partial charge in [0.15, 0.2) is 5.76 Å². The molecule has 1 N–H and O–H groups in total. The first-order valence-corrected chi connectivity index (χ1v) is 6.10. The minimum atomic E-state index is -0.465. The molecule has 0 aliphatic rings. The van der Waals surface area contributed by atoms with Gasteiger partial charge in [-0.3, -0.25) is 0 Å². The zero-order chi connectivity index (χ0) is 13.7. The van der Waals surface area contributed by atoms with E-state index < -0.39 is 6.09 Å². The van der Waals surface area contributed by atoms with Crippen LogP contribution in [0.3, 0.4) is 0 Å². The van der Waals surface area contributed by atoms with Gasteiger partial charge in [0.25, 0.3) is 0 Å². The van der Waals surface area contributed by atoms with Crippen LogP contribution in [0.5, 0.6) is 0 Å². The zero-order valence-electron chi connectivity index (χ0n) is 10.9. The van der Waals surface area contributed by atoms with Gasteiger partial charge in [-0.15, -0.1) is 0 Å². The first-order chi connectivity index (χ1) is 9.15. The second-order valence-corrected chi connectivity index (χ2v) is 4.35. The molecule has 5 heteroatoms. The Labute approximate surface area is 111 Å². The summed E-state index contributed by atoms with van der Waals surface area (Å²) in [5, 5.41) is 6.56. The highest BCUT2D eigenvalue weighted by molar-refractivity contribution is 5.67. The molecule has 0 radical (unpaired) electrons. The van der Waals surface area contributed by atoms with Crippen molar-refractivity contribution >= 4 is 6.09 Å². The Bertz CT molecular complexity index is 535. The van der Waals surface area contributed by atoms with Crippen molar-refractivity contribution in [1.29, 1.82) is 0 Å². The number of amides is 1. The molecule has 0 unspecified atom stereocenters. The summed E-state index contributed by atoms with van der Waals surface area (Å²) in [4.78, 5) is 11.3. The van der Waals surface area contributed by atoms with Gasteiger partial charge in [-0.1, -0.05) is 35.5 Å². The minimum Gasteiger partial charge on any atom is -0.447 e. The lowest BCUT2D eigenvalue weighted by molar-refractivity contribution is 0.114. The molecule has 0 aliphatic heterocycles. The van der Waals surface area contributed by atoms with E-state index in [0.717, 1.165) is 11.3 Å². The maximum absolute atomic E-state index is 11.3. The lowest BCUT2D eigenvalue weighted by Gasteiger charge is -2.07. The molecule has 0 fully saturated rings. The Hall–Kier alpha value is -2.30. The maximum atomic E-state index is 11.3. The van der Waals surface area contributed by atoms with Crippen LogP contribution in [0.4, 0.5) is 4.79 Å². The van der Waals surface area contributed by atoms with E-state index in [1.54, 1.807) is 19.9 Å². The van der Waals surface area contributed by atoms with E-state index in [4.69, 9.17) is 9.26 Å². The average molecular weight is 260 g/mol. The molecule has 2 aromatic rings. The van der Waals surface area contributed by atoms with Gasteiger partial charge in [-0.25, -0.2) is 4.79 Å². The Kier molecular flexibility index (Phi) is 4.18. The third kappa shape index (κ3) is 3.84. The van der Waals surface area contributed by atoms with E-state index in [1.165, 1.54) is 0 Å². The first kappa shape index (κ1) is 13.1. The van der Waals surface area contributed by atoms with E-state index in [2.05, 4.69) is 10.5 Å². The van der Waals surface area contributed by atoms with Crippen molar-refractivity contribution < 1.29 is 14.1 Å². The summed E-state index contributed by atoms with van der Waals surface area (Å²) in [7, 11) is 0. The number of hydrogen-bond donors (Lipinski definition) is 1. The summed E-state index contributed by atoms with van der Waals surface area (Å²) >= 11 is 0. The molecule has 1 heterocycles. The summed E-state index contributed by atoms with van der Waals surface area (Å²) in [5.74, 6) is 0.583. The van der Waals surface area contributed by atoms with Gasteiger partial charge < -0.3 is 14.6 Å². The molecule has 0 atom stereocenters. The fourth-order valence-corrected chi connectivity index (χ4v) is 1.56. The largest absolute Gasteiger partial charge is 0.447 e. The van der Waals surface area contributed by atoms with E-state index >= 15 is 0 Å². The van der Waals surface area contributed by atoms with Gasteiger partial charge in [-0.2, -0.15) is 0 Å². The third-order valence-corrected chi connectivity index (χ3v) is 2.38. The molecule has 0 saturated heterocycles. The third-order valence-electron chi connectivity index (χ3n) is 2.38. The Morgan fingerprint density at radius 2 is 2.11 bits per heavy atom. The number of benzene rings is 1. The molecule has 5 nitrogen and oxygen atoms in total. The van der Waals surface area contributed by atoms with Gasteiger partial charge in [0.1, 0.15) is 5.69 Å². The van der Waals surface area contributed by atoms with Gasteiger partial charge in [-0.05, 0) is 13.8 Å². The number of nitrogens with zero attached hydrogens (tertiary/aromatic N) is 1. The fourth-order valence-electron chi connectivity index (χ4n) is 1.56. The lowest BCUT2D eigenvalue weighted by atomic mass is 10.1. The van der Waals surface area contributed by atoms with Crippen molar-refractivity contribution in [3.63, 3.8) is 0 Å². The number of carbonyl (C=O) groups excluding carboxylic acids is 1. The highest BCUT2D eigenvalue weighted by atomic mass is 16.6. The number of rotatable bonds is 4. The Balaban J connectivity index is 1.93. The Morgan fingerprint density at radius 3 is 2.79 bits per heavy atom. The van der Waals surface area contributed by atoms with Crippen LogP contribution in [0, 0.1) is 0 Å². The average Bonchev–Trinajstić information content (AvgIpc) is 2.85. The smallest absolute Gasteiger partial charge is 0.407 e. The van der Waals surface area contributed by atoms with Gasteiger partial charge in [0.05, 0.1) is 12.6 Å². The van der Waals surface area contributed by atoms with Crippen LogP contribution in [-0.4, -0.2) is 17.4 Å². The van der Waals surface area contributed by atoms with E-state index in [9.17, 15) is 4.79 Å². The number of hydrogen-bond acceptors (Lipinski definition) is 4. The molecule has 1 amide bonds. The van der Waals surface area contributed by atoms with E-state index in [0.29, 0.717) is 5.76 Å². The van der Waals surface area contributed by atoms with Crippen molar-refractivity contribution in [2.24, 2.45) is 0 Å². The van der Waals surface area contributed by atoms with Crippen LogP contribution in [0.15, 0.2) is 40.9 Å². The van der Waals surface area contributed by atoms with Crippen molar-refractivity contribution in [1.82, 2.24) is 10.5 Å². The number of alkyl carbamates (subject to hydrolysis) is 1. The van der Waals surface area contributed by atoms with Crippen LogP contribution in [-0.2, 0) is 11.3 Å². The van der Waals surface area contributed by atoms with Crippen molar-refractivity contribution in [2.45, 2.75) is 26.5 Å². The molecule has 1 aromatic carbocycles. The monoisotopic (exact) mass is 260 g/mol. The normalized spacial score (nSPS) is 10.5. The second-order valence-electron chi connectivity index (χ2n) is 4.35. The van der Waals surface area contributed by atoms with Crippen molar-refractivity contribution in [2.75, 3.05) is 0 Å². The summed E-state index contributed by atoms with van der Waals surface area (Å²) in [6.07, 6.45) is -0.609. The van der Waals surface area contributed by atoms with Crippen LogP contribution in [0.1, 0.15) is 19.6 Å². The SMILES string of the molecule is CC(C)OC(=O)NCc1cc(-c2ccccc2)no1. The molecule has 0 spiro atoms. The molecule has 100 valence electrons. The molecule has 19 heavy (non-hydrogen) atoms. The van der Waals surface area contributed by atoms with E-state index in [-0.39, 0.29) is 12.6 Å². The molecule has 0 bridgehead atoms. The highest BCUT2D eigenvalue weighted by Gasteiger charge is 2.09. The predicted octanol–water partition coefficient (Wildman–Crippen LogP) is 2.98. The van der Waals surface area contributed by atoms with Crippen molar-refractivity contribution in [3.05, 3.63) is 42.2 Å². The Morgan fingerprint density at radius 1 is 1.37 bits per heavy atom. The molecule has 0 aliphatic carbocycles. The van der Waals surface area contributed by atoms with Crippen LogP contribution in [0.25, 0.3) is 11.3 Å². The van der Waals surface area contributed by atoms with Crippen molar-refractivity contribution in [3.8, 4) is 11.3 Å². The van der Waals surface area contributed by atoms with Gasteiger partial charge in [0, 0.05) is 11.6 Å².